The molecule has 136 valence electrons. The van der Waals surface area contributed by atoms with E-state index >= 15 is 0 Å². The molecule has 0 radical (unpaired) electrons. The van der Waals surface area contributed by atoms with Gasteiger partial charge < -0.3 is 15.0 Å². The van der Waals surface area contributed by atoms with Gasteiger partial charge in [0.1, 0.15) is 23.1 Å². The number of methoxy groups -OCH3 is 1. The van der Waals surface area contributed by atoms with Crippen molar-refractivity contribution in [2.45, 2.75) is 12.8 Å². The van der Waals surface area contributed by atoms with Crippen LogP contribution in [0.25, 0.3) is 27.7 Å². The Bertz CT molecular complexity index is 1190. The highest BCUT2D eigenvalue weighted by molar-refractivity contribution is 6.02. The van der Waals surface area contributed by atoms with Crippen LogP contribution >= 0.6 is 0 Å². The number of hydrogen-bond acceptors (Lipinski definition) is 4. The lowest BCUT2D eigenvalue weighted by Crippen LogP contribution is -2.13. The van der Waals surface area contributed by atoms with Gasteiger partial charge in [-0.15, -0.1) is 0 Å². The summed E-state index contributed by atoms with van der Waals surface area (Å²) in [7, 11) is 1.57. The molecule has 1 amide bonds. The molecule has 0 unspecified atom stereocenters. The Morgan fingerprint density at radius 1 is 1.41 bits per heavy atom. The maximum atomic E-state index is 14.9. The predicted octanol–water partition coefficient (Wildman–Crippen LogP) is 3.37. The monoisotopic (exact) mass is 365 g/mol. The Morgan fingerprint density at radius 3 is 3.04 bits per heavy atom. The number of carbonyl (C=O) groups excluding carboxylic acids is 1. The van der Waals surface area contributed by atoms with E-state index in [-0.39, 0.29) is 17.5 Å². The van der Waals surface area contributed by atoms with E-state index in [0.717, 1.165) is 12.8 Å². The van der Waals surface area contributed by atoms with Crippen molar-refractivity contribution in [3.8, 4) is 17.0 Å². The van der Waals surface area contributed by atoms with Gasteiger partial charge in [0, 0.05) is 35.3 Å². The molecule has 5 rings (SSSR count). The van der Waals surface area contributed by atoms with Crippen LogP contribution in [0, 0.1) is 11.7 Å². The molecular formula is C19H16FN5O2. The minimum Gasteiger partial charge on any atom is -0.497 e. The molecule has 0 aliphatic heterocycles. The van der Waals surface area contributed by atoms with Crippen molar-refractivity contribution in [3.63, 3.8) is 0 Å². The highest BCUT2D eigenvalue weighted by Gasteiger charge is 2.30. The fourth-order valence-electron chi connectivity index (χ4n) is 3.17. The van der Waals surface area contributed by atoms with Crippen molar-refractivity contribution in [1.29, 1.82) is 0 Å². The van der Waals surface area contributed by atoms with Crippen molar-refractivity contribution in [2.75, 3.05) is 12.4 Å². The lowest BCUT2D eigenvalue weighted by atomic mass is 10.1. The van der Waals surface area contributed by atoms with Gasteiger partial charge in [0.15, 0.2) is 0 Å². The number of halogens is 1. The molecule has 2 N–H and O–H groups in total. The van der Waals surface area contributed by atoms with E-state index in [1.54, 1.807) is 42.3 Å². The number of nitrogens with zero attached hydrogens (tertiary/aromatic N) is 3. The normalized spacial score (nSPS) is 14.0. The quantitative estimate of drug-likeness (QED) is 0.581. The summed E-state index contributed by atoms with van der Waals surface area (Å²) in [5.74, 6) is 0.660. The minimum absolute atomic E-state index is 0.0436. The number of rotatable bonds is 4. The van der Waals surface area contributed by atoms with Gasteiger partial charge in [-0.2, -0.15) is 5.10 Å². The first-order chi connectivity index (χ1) is 13.1. The third-order valence-corrected chi connectivity index (χ3v) is 4.81. The number of hydrogen-bond donors (Lipinski definition) is 2. The third kappa shape index (κ3) is 2.61. The van der Waals surface area contributed by atoms with Gasteiger partial charge in [-0.25, -0.2) is 13.9 Å². The highest BCUT2D eigenvalue weighted by Crippen LogP contribution is 2.33. The number of pyridine rings is 2. The van der Waals surface area contributed by atoms with Crippen LogP contribution in [0.4, 0.5) is 10.2 Å². The summed E-state index contributed by atoms with van der Waals surface area (Å²) < 4.78 is 21.8. The average Bonchev–Trinajstić information content (AvgIpc) is 3.35. The van der Waals surface area contributed by atoms with Crippen LogP contribution in [0.1, 0.15) is 12.8 Å². The number of anilines is 1. The van der Waals surface area contributed by atoms with Crippen LogP contribution in [0.15, 0.2) is 36.8 Å². The van der Waals surface area contributed by atoms with Crippen LogP contribution in [-0.2, 0) is 4.79 Å². The van der Waals surface area contributed by atoms with Gasteiger partial charge in [-0.1, -0.05) is 0 Å². The zero-order valence-electron chi connectivity index (χ0n) is 14.5. The van der Waals surface area contributed by atoms with E-state index < -0.39 is 5.82 Å². The number of amides is 1. The van der Waals surface area contributed by atoms with Gasteiger partial charge in [-0.3, -0.25) is 4.79 Å². The number of ether oxygens (including phenoxy) is 1. The van der Waals surface area contributed by atoms with Gasteiger partial charge in [0.25, 0.3) is 0 Å². The molecule has 7 nitrogen and oxygen atoms in total. The molecule has 27 heavy (non-hydrogen) atoms. The summed E-state index contributed by atoms with van der Waals surface area (Å²) >= 11 is 0. The van der Waals surface area contributed by atoms with E-state index in [1.807, 2.05) is 0 Å². The Hall–Kier alpha value is -3.42. The topological polar surface area (TPSA) is 84.3 Å². The van der Waals surface area contributed by atoms with Crippen molar-refractivity contribution in [1.82, 2.24) is 19.6 Å². The minimum atomic E-state index is -0.484. The molecule has 1 fully saturated rings. The Morgan fingerprint density at radius 2 is 2.26 bits per heavy atom. The molecule has 8 heteroatoms. The lowest BCUT2D eigenvalue weighted by Gasteiger charge is -2.05. The smallest absolute Gasteiger partial charge is 0.228 e. The summed E-state index contributed by atoms with van der Waals surface area (Å²) in [5, 5.41) is 7.61. The maximum Gasteiger partial charge on any atom is 0.228 e. The number of nitrogens with one attached hydrogen (secondary N) is 2. The first-order valence-electron chi connectivity index (χ1n) is 8.64. The summed E-state index contributed by atoms with van der Waals surface area (Å²) in [6.45, 7) is 0. The molecule has 0 aromatic carbocycles. The van der Waals surface area contributed by atoms with Crippen LogP contribution < -0.4 is 10.1 Å². The van der Waals surface area contributed by atoms with Crippen LogP contribution in [-0.4, -0.2) is 32.6 Å². The second-order valence-corrected chi connectivity index (χ2v) is 6.63. The van der Waals surface area contributed by atoms with E-state index in [2.05, 4.69) is 20.4 Å². The molecule has 0 bridgehead atoms. The van der Waals surface area contributed by atoms with Crippen molar-refractivity contribution in [3.05, 3.63) is 42.6 Å². The number of carbonyl (C=O) groups is 1. The first kappa shape index (κ1) is 15.8. The zero-order valence-corrected chi connectivity index (χ0v) is 14.5. The standard InChI is InChI=1S/C19H16FN5O2/c1-27-11-4-5-25-16(6-11)13(8-22-25)17-14(20)7-12-15(23-17)9-21-18(12)24-19(26)10-2-3-10/h4-10,21H,2-3H2,1H3,(H,24,26). The Kier molecular flexibility index (Phi) is 3.40. The zero-order chi connectivity index (χ0) is 18.5. The molecule has 1 aliphatic rings. The molecule has 0 saturated heterocycles. The number of aromatic amines is 1. The summed E-state index contributed by atoms with van der Waals surface area (Å²) in [5.41, 5.74) is 2.03. The summed E-state index contributed by atoms with van der Waals surface area (Å²) in [6, 6.07) is 4.95. The average molecular weight is 365 g/mol. The van der Waals surface area contributed by atoms with Crippen molar-refractivity contribution < 1.29 is 13.9 Å². The summed E-state index contributed by atoms with van der Waals surface area (Å²) in [6.07, 6.45) is 6.79. The summed E-state index contributed by atoms with van der Waals surface area (Å²) in [4.78, 5) is 19.4. The SMILES string of the molecule is COc1ccn2ncc(-c3nc4c[nH]c(NC(=O)C5CC5)c4cc3F)c2c1. The molecule has 4 aromatic heterocycles. The predicted molar refractivity (Wildman–Crippen MR) is 98.1 cm³/mol. The lowest BCUT2D eigenvalue weighted by molar-refractivity contribution is -0.117. The Labute approximate surface area is 153 Å². The molecule has 1 saturated carbocycles. The van der Waals surface area contributed by atoms with E-state index in [4.69, 9.17) is 4.74 Å². The third-order valence-electron chi connectivity index (χ3n) is 4.81. The number of aromatic nitrogens is 4. The van der Waals surface area contributed by atoms with Gasteiger partial charge in [-0.05, 0) is 25.0 Å². The molecule has 1 aliphatic carbocycles. The number of fused-ring (bicyclic) bond motifs is 2. The fourth-order valence-corrected chi connectivity index (χ4v) is 3.17. The largest absolute Gasteiger partial charge is 0.497 e. The van der Waals surface area contributed by atoms with E-state index in [0.29, 0.717) is 33.6 Å². The fraction of sp³-hybridized carbons (Fsp3) is 0.211. The molecule has 0 atom stereocenters. The first-order valence-corrected chi connectivity index (χ1v) is 8.64. The van der Waals surface area contributed by atoms with Gasteiger partial charge >= 0.3 is 0 Å². The van der Waals surface area contributed by atoms with Gasteiger partial charge in [0.2, 0.25) is 5.91 Å². The van der Waals surface area contributed by atoms with Crippen LogP contribution in [0.2, 0.25) is 0 Å². The second-order valence-electron chi connectivity index (χ2n) is 6.63. The Balaban J connectivity index is 1.60. The molecule has 0 spiro atoms. The van der Waals surface area contributed by atoms with Crippen molar-refractivity contribution >= 4 is 28.1 Å². The number of H-pyrrole nitrogens is 1. The highest BCUT2D eigenvalue weighted by atomic mass is 19.1. The van der Waals surface area contributed by atoms with Crippen LogP contribution in [0.5, 0.6) is 5.75 Å². The molecular weight excluding hydrogens is 349 g/mol. The van der Waals surface area contributed by atoms with Gasteiger partial charge in [0.05, 0.1) is 24.3 Å². The molecule has 4 aromatic rings. The second kappa shape index (κ2) is 5.80. The van der Waals surface area contributed by atoms with E-state index in [9.17, 15) is 9.18 Å². The molecule has 4 heterocycles. The van der Waals surface area contributed by atoms with Crippen molar-refractivity contribution in [2.24, 2.45) is 5.92 Å². The maximum absolute atomic E-state index is 14.9. The van der Waals surface area contributed by atoms with Crippen LogP contribution in [0.3, 0.4) is 0 Å². The van der Waals surface area contributed by atoms with E-state index in [1.165, 1.54) is 6.07 Å².